The van der Waals surface area contributed by atoms with E-state index in [0.717, 1.165) is 25.7 Å². The lowest BCUT2D eigenvalue weighted by atomic mass is 10.2. The first kappa shape index (κ1) is 14.5. The summed E-state index contributed by atoms with van der Waals surface area (Å²) >= 11 is 0. The number of rotatable bonds is 8. The molecular formula is C12H22N4O2. The molecule has 0 spiro atoms. The number of H-pyrrole nitrogens is 1. The molecule has 18 heavy (non-hydrogen) atoms. The number of nitrogens with two attached hydrogens (primary N) is 1. The van der Waals surface area contributed by atoms with Crippen LogP contribution in [0.4, 0.5) is 5.69 Å². The first-order valence-corrected chi connectivity index (χ1v) is 6.39. The number of aliphatic hydroxyl groups is 1. The van der Waals surface area contributed by atoms with Crippen molar-refractivity contribution in [2.24, 2.45) is 0 Å². The number of carbonyl (C=O) groups is 1. The number of nitrogens with zero attached hydrogens (tertiary/aromatic N) is 2. The van der Waals surface area contributed by atoms with E-state index in [2.05, 4.69) is 17.1 Å². The van der Waals surface area contributed by atoms with Crippen molar-refractivity contribution in [3.8, 4) is 0 Å². The van der Waals surface area contributed by atoms with Crippen molar-refractivity contribution in [2.45, 2.75) is 32.6 Å². The first-order chi connectivity index (χ1) is 8.70. The van der Waals surface area contributed by atoms with Crippen molar-refractivity contribution in [1.29, 1.82) is 0 Å². The number of aromatic amines is 1. The van der Waals surface area contributed by atoms with Crippen LogP contribution in [0, 0.1) is 0 Å². The molecule has 0 bridgehead atoms. The number of hydrogen-bond donors (Lipinski definition) is 3. The van der Waals surface area contributed by atoms with Crippen LogP contribution in [0.25, 0.3) is 0 Å². The first-order valence-electron chi connectivity index (χ1n) is 6.39. The van der Waals surface area contributed by atoms with Gasteiger partial charge in [0.15, 0.2) is 0 Å². The van der Waals surface area contributed by atoms with Crippen LogP contribution < -0.4 is 5.73 Å². The van der Waals surface area contributed by atoms with Crippen LogP contribution in [0.5, 0.6) is 0 Å². The Hall–Kier alpha value is -1.56. The fourth-order valence-electron chi connectivity index (χ4n) is 1.79. The van der Waals surface area contributed by atoms with Crippen LogP contribution in [0.1, 0.15) is 43.1 Å². The molecule has 0 fully saturated rings. The van der Waals surface area contributed by atoms with Crippen LogP contribution in [0.3, 0.4) is 0 Å². The van der Waals surface area contributed by atoms with Gasteiger partial charge >= 0.3 is 0 Å². The predicted molar refractivity (Wildman–Crippen MR) is 70.1 cm³/mol. The predicted octanol–water partition coefficient (Wildman–Crippen LogP) is 1.01. The number of nitrogens with one attached hydrogen (secondary N) is 1. The summed E-state index contributed by atoms with van der Waals surface area (Å²) in [6, 6.07) is 0. The third-order valence-electron chi connectivity index (χ3n) is 2.82. The highest BCUT2D eigenvalue weighted by Crippen LogP contribution is 2.11. The molecule has 0 aliphatic heterocycles. The fourth-order valence-corrected chi connectivity index (χ4v) is 1.79. The summed E-state index contributed by atoms with van der Waals surface area (Å²) in [5.41, 5.74) is 6.30. The van der Waals surface area contributed by atoms with Crippen molar-refractivity contribution in [3.05, 3.63) is 11.9 Å². The van der Waals surface area contributed by atoms with Crippen LogP contribution >= 0.6 is 0 Å². The number of aliphatic hydroxyl groups excluding tert-OH is 1. The fraction of sp³-hybridized carbons (Fsp3) is 0.667. The topological polar surface area (TPSA) is 95.2 Å². The summed E-state index contributed by atoms with van der Waals surface area (Å²) in [6.45, 7) is 3.05. The van der Waals surface area contributed by atoms with Gasteiger partial charge in [0.1, 0.15) is 5.69 Å². The summed E-state index contributed by atoms with van der Waals surface area (Å²) in [6.07, 6.45) is 5.76. The minimum Gasteiger partial charge on any atom is -0.396 e. The van der Waals surface area contributed by atoms with Gasteiger partial charge in [-0.15, -0.1) is 0 Å². The molecule has 1 rings (SSSR count). The molecule has 0 atom stereocenters. The van der Waals surface area contributed by atoms with Gasteiger partial charge in [0, 0.05) is 13.1 Å². The third-order valence-corrected chi connectivity index (χ3v) is 2.82. The largest absolute Gasteiger partial charge is 0.396 e. The van der Waals surface area contributed by atoms with Gasteiger partial charge in [-0.25, -0.2) is 0 Å². The lowest BCUT2D eigenvalue weighted by molar-refractivity contribution is 0.0713. The zero-order chi connectivity index (χ0) is 13.4. The molecule has 6 nitrogen and oxygen atoms in total. The minimum atomic E-state index is -0.199. The van der Waals surface area contributed by atoms with Gasteiger partial charge in [-0.2, -0.15) is 5.10 Å². The Bertz CT molecular complexity index is 365. The summed E-state index contributed by atoms with van der Waals surface area (Å²) in [7, 11) is 0. The average Bonchev–Trinajstić information content (AvgIpc) is 2.78. The summed E-state index contributed by atoms with van der Waals surface area (Å²) in [4.78, 5) is 13.8. The van der Waals surface area contributed by atoms with Gasteiger partial charge in [-0.3, -0.25) is 9.89 Å². The van der Waals surface area contributed by atoms with E-state index in [4.69, 9.17) is 10.8 Å². The molecule has 0 saturated carbocycles. The Morgan fingerprint density at radius 1 is 1.44 bits per heavy atom. The molecule has 0 aliphatic carbocycles. The minimum absolute atomic E-state index is 0.0481. The molecule has 6 heteroatoms. The molecule has 1 aromatic heterocycles. The van der Waals surface area contributed by atoms with Crippen LogP contribution in [0.15, 0.2) is 6.20 Å². The Balaban J connectivity index is 2.55. The average molecular weight is 254 g/mol. The van der Waals surface area contributed by atoms with Crippen LogP contribution in [-0.2, 0) is 0 Å². The van der Waals surface area contributed by atoms with E-state index in [1.807, 2.05) is 0 Å². The SMILES string of the molecule is CCCCCCN(CCO)C(=O)c1[nH]ncc1N. The lowest BCUT2D eigenvalue weighted by Gasteiger charge is -2.21. The zero-order valence-corrected chi connectivity index (χ0v) is 10.9. The highest BCUT2D eigenvalue weighted by molar-refractivity contribution is 5.96. The third kappa shape index (κ3) is 4.03. The maximum atomic E-state index is 12.1. The van der Waals surface area contributed by atoms with E-state index in [9.17, 15) is 4.79 Å². The summed E-state index contributed by atoms with van der Waals surface area (Å²) in [5.74, 6) is -0.199. The van der Waals surface area contributed by atoms with Gasteiger partial charge in [-0.05, 0) is 6.42 Å². The molecule has 0 aromatic carbocycles. The van der Waals surface area contributed by atoms with E-state index in [1.165, 1.54) is 6.20 Å². The second-order valence-corrected chi connectivity index (χ2v) is 4.28. The Labute approximate surface area is 107 Å². The van der Waals surface area contributed by atoms with E-state index in [1.54, 1.807) is 4.90 Å². The Morgan fingerprint density at radius 3 is 2.78 bits per heavy atom. The van der Waals surface area contributed by atoms with Crippen molar-refractivity contribution < 1.29 is 9.90 Å². The number of amides is 1. The molecule has 1 amide bonds. The molecule has 4 N–H and O–H groups in total. The van der Waals surface area contributed by atoms with Gasteiger partial charge < -0.3 is 15.7 Å². The molecule has 0 aliphatic rings. The number of hydrogen-bond acceptors (Lipinski definition) is 4. The second kappa shape index (κ2) is 7.71. The van der Waals surface area contributed by atoms with Gasteiger partial charge in [0.05, 0.1) is 18.5 Å². The highest BCUT2D eigenvalue weighted by Gasteiger charge is 2.18. The number of nitrogen functional groups attached to an aromatic ring is 1. The highest BCUT2D eigenvalue weighted by atomic mass is 16.3. The summed E-state index contributed by atoms with van der Waals surface area (Å²) < 4.78 is 0. The molecule has 1 aromatic rings. The zero-order valence-electron chi connectivity index (χ0n) is 10.9. The standard InChI is InChI=1S/C12H22N4O2/c1-2-3-4-5-6-16(7-8-17)12(18)11-10(13)9-14-15-11/h9,17H,2-8,13H2,1H3,(H,14,15). The quantitative estimate of drug-likeness (QED) is 0.603. The molecule has 102 valence electrons. The summed E-state index contributed by atoms with van der Waals surface area (Å²) in [5, 5.41) is 15.3. The molecule has 0 unspecified atom stereocenters. The van der Waals surface area contributed by atoms with Crippen molar-refractivity contribution in [3.63, 3.8) is 0 Å². The Kier molecular flexibility index (Phi) is 6.21. The molecule has 1 heterocycles. The molecule has 0 radical (unpaired) electrons. The maximum absolute atomic E-state index is 12.1. The number of aromatic nitrogens is 2. The van der Waals surface area contributed by atoms with E-state index in [-0.39, 0.29) is 12.5 Å². The normalized spacial score (nSPS) is 10.6. The van der Waals surface area contributed by atoms with Crippen molar-refractivity contribution in [2.75, 3.05) is 25.4 Å². The van der Waals surface area contributed by atoms with Crippen molar-refractivity contribution >= 4 is 11.6 Å². The van der Waals surface area contributed by atoms with Gasteiger partial charge in [0.2, 0.25) is 0 Å². The second-order valence-electron chi connectivity index (χ2n) is 4.28. The smallest absolute Gasteiger partial charge is 0.274 e. The monoisotopic (exact) mass is 254 g/mol. The van der Waals surface area contributed by atoms with Crippen LogP contribution in [-0.4, -0.2) is 45.8 Å². The van der Waals surface area contributed by atoms with E-state index in [0.29, 0.717) is 24.5 Å². The lowest BCUT2D eigenvalue weighted by Crippen LogP contribution is -2.35. The Morgan fingerprint density at radius 2 is 2.22 bits per heavy atom. The van der Waals surface area contributed by atoms with Gasteiger partial charge in [-0.1, -0.05) is 26.2 Å². The number of carbonyl (C=O) groups excluding carboxylic acids is 1. The van der Waals surface area contributed by atoms with Crippen LogP contribution in [0.2, 0.25) is 0 Å². The molecular weight excluding hydrogens is 232 g/mol. The van der Waals surface area contributed by atoms with Gasteiger partial charge in [0.25, 0.3) is 5.91 Å². The number of anilines is 1. The number of unbranched alkanes of at least 4 members (excludes halogenated alkanes) is 3. The van der Waals surface area contributed by atoms with E-state index >= 15 is 0 Å². The molecule has 0 saturated heterocycles. The van der Waals surface area contributed by atoms with E-state index < -0.39 is 0 Å². The van der Waals surface area contributed by atoms with Crippen molar-refractivity contribution in [1.82, 2.24) is 15.1 Å². The maximum Gasteiger partial charge on any atom is 0.274 e.